The molecule has 0 atom stereocenters. The lowest BCUT2D eigenvalue weighted by Crippen LogP contribution is -2.03. The smallest absolute Gasteiger partial charge is 0.337 e. The van der Waals surface area contributed by atoms with Gasteiger partial charge in [-0.05, 0) is 13.0 Å². The number of halogens is 1. The molecule has 0 fully saturated rings. The minimum absolute atomic E-state index is 0.000880. The molecule has 0 spiro atoms. The molecule has 0 saturated heterocycles. The van der Waals surface area contributed by atoms with E-state index in [2.05, 4.69) is 4.98 Å². The number of nitrogens with zero attached hydrogens (tertiary/aromatic N) is 2. The fraction of sp³-hybridized carbons (Fsp3) is 0.125. The number of pyridine rings is 1. The quantitative estimate of drug-likeness (QED) is 0.693. The molecule has 0 aliphatic carbocycles. The summed E-state index contributed by atoms with van der Waals surface area (Å²) < 4.78 is 0. The van der Waals surface area contributed by atoms with Crippen molar-refractivity contribution in [3.8, 4) is 6.07 Å². The molecule has 1 heterocycles. The number of rotatable bonds is 1. The Balaban J connectivity index is 3.41. The Morgan fingerprint density at radius 3 is 2.85 bits per heavy atom. The molecule has 1 N–H and O–H groups in total. The van der Waals surface area contributed by atoms with E-state index in [-0.39, 0.29) is 16.3 Å². The van der Waals surface area contributed by atoms with E-state index in [4.69, 9.17) is 22.0 Å². The summed E-state index contributed by atoms with van der Waals surface area (Å²) >= 11 is 5.58. The predicted octanol–water partition coefficient (Wildman–Crippen LogP) is 1.61. The van der Waals surface area contributed by atoms with E-state index in [0.29, 0.717) is 5.69 Å². The lowest BCUT2D eigenvalue weighted by Gasteiger charge is -2.01. The molecule has 1 aromatic heterocycles. The number of aromatic carboxylic acids is 1. The Morgan fingerprint density at radius 2 is 2.38 bits per heavy atom. The van der Waals surface area contributed by atoms with Crippen molar-refractivity contribution in [2.24, 2.45) is 0 Å². The van der Waals surface area contributed by atoms with Crippen LogP contribution in [0.1, 0.15) is 21.6 Å². The molecule has 0 saturated carbocycles. The Hall–Kier alpha value is -1.60. The summed E-state index contributed by atoms with van der Waals surface area (Å²) in [6.07, 6.45) is 0. The summed E-state index contributed by atoms with van der Waals surface area (Å²) in [5.41, 5.74) is 0.377. The van der Waals surface area contributed by atoms with Gasteiger partial charge in [0.2, 0.25) is 0 Å². The van der Waals surface area contributed by atoms with E-state index in [0.717, 1.165) is 0 Å². The average molecular weight is 197 g/mol. The van der Waals surface area contributed by atoms with Crippen molar-refractivity contribution in [2.45, 2.75) is 6.92 Å². The van der Waals surface area contributed by atoms with Crippen molar-refractivity contribution in [2.75, 3.05) is 0 Å². The van der Waals surface area contributed by atoms with Gasteiger partial charge >= 0.3 is 5.97 Å². The normalized spacial score (nSPS) is 9.31. The van der Waals surface area contributed by atoms with Crippen molar-refractivity contribution >= 4 is 17.6 Å². The number of aromatic nitrogens is 1. The van der Waals surface area contributed by atoms with Gasteiger partial charge in [0.15, 0.2) is 0 Å². The van der Waals surface area contributed by atoms with Crippen LogP contribution in [0, 0.1) is 18.3 Å². The lowest BCUT2D eigenvalue weighted by atomic mass is 10.1. The summed E-state index contributed by atoms with van der Waals surface area (Å²) in [5, 5.41) is 17.3. The number of carboxylic acids is 1. The topological polar surface area (TPSA) is 74.0 Å². The third-order valence-electron chi connectivity index (χ3n) is 1.52. The monoisotopic (exact) mass is 196 g/mol. The molecule has 1 aromatic rings. The Kier molecular flexibility index (Phi) is 2.49. The number of hydrogen-bond acceptors (Lipinski definition) is 3. The van der Waals surface area contributed by atoms with E-state index >= 15 is 0 Å². The summed E-state index contributed by atoms with van der Waals surface area (Å²) in [5.74, 6) is -1.11. The first-order chi connectivity index (χ1) is 6.06. The van der Waals surface area contributed by atoms with Gasteiger partial charge < -0.3 is 5.11 Å². The fourth-order valence-corrected chi connectivity index (χ4v) is 1.09. The maximum absolute atomic E-state index is 10.6. The van der Waals surface area contributed by atoms with Gasteiger partial charge in [-0.1, -0.05) is 11.6 Å². The van der Waals surface area contributed by atoms with Crippen LogP contribution in [0.4, 0.5) is 0 Å². The highest BCUT2D eigenvalue weighted by Gasteiger charge is 2.12. The first kappa shape index (κ1) is 9.49. The minimum Gasteiger partial charge on any atom is -0.478 e. The summed E-state index contributed by atoms with van der Waals surface area (Å²) in [6, 6.07) is 2.98. The first-order valence-corrected chi connectivity index (χ1v) is 3.74. The van der Waals surface area contributed by atoms with Crippen LogP contribution in [0.25, 0.3) is 0 Å². The maximum atomic E-state index is 10.6. The highest BCUT2D eigenvalue weighted by molar-refractivity contribution is 6.30. The highest BCUT2D eigenvalue weighted by atomic mass is 35.5. The van der Waals surface area contributed by atoms with Crippen molar-refractivity contribution in [3.63, 3.8) is 0 Å². The van der Waals surface area contributed by atoms with Gasteiger partial charge in [-0.3, -0.25) is 0 Å². The van der Waals surface area contributed by atoms with Crippen molar-refractivity contribution in [1.82, 2.24) is 4.98 Å². The number of nitriles is 1. The largest absolute Gasteiger partial charge is 0.478 e. The van der Waals surface area contributed by atoms with Crippen LogP contribution < -0.4 is 0 Å². The zero-order valence-electron chi connectivity index (χ0n) is 6.71. The molecule has 66 valence electrons. The molecule has 1 rings (SSSR count). The van der Waals surface area contributed by atoms with Crippen LogP contribution in [0.3, 0.4) is 0 Å². The van der Waals surface area contributed by atoms with Crippen LogP contribution in [-0.4, -0.2) is 16.1 Å². The van der Waals surface area contributed by atoms with E-state index < -0.39 is 5.97 Å². The Labute approximate surface area is 79.4 Å². The van der Waals surface area contributed by atoms with Crippen LogP contribution in [0.5, 0.6) is 0 Å². The van der Waals surface area contributed by atoms with E-state index in [1.54, 1.807) is 6.07 Å². The molecular formula is C8H5ClN2O2. The van der Waals surface area contributed by atoms with Gasteiger partial charge in [0.1, 0.15) is 11.2 Å². The molecule has 0 aromatic carbocycles. The zero-order chi connectivity index (χ0) is 10.0. The van der Waals surface area contributed by atoms with E-state index in [1.807, 2.05) is 0 Å². The van der Waals surface area contributed by atoms with Gasteiger partial charge in [-0.15, -0.1) is 0 Å². The second kappa shape index (κ2) is 3.42. The lowest BCUT2D eigenvalue weighted by molar-refractivity contribution is 0.0695. The SMILES string of the molecule is Cc1nc(Cl)c(C#N)cc1C(=O)O. The number of aryl methyl sites for hydroxylation is 1. The summed E-state index contributed by atoms with van der Waals surface area (Å²) in [6.45, 7) is 1.52. The molecule has 0 aliphatic heterocycles. The molecule has 0 bridgehead atoms. The highest BCUT2D eigenvalue weighted by Crippen LogP contribution is 2.16. The zero-order valence-corrected chi connectivity index (χ0v) is 7.46. The van der Waals surface area contributed by atoms with Gasteiger partial charge in [0.25, 0.3) is 0 Å². The number of hydrogen-bond donors (Lipinski definition) is 1. The van der Waals surface area contributed by atoms with Crippen LogP contribution in [0.2, 0.25) is 5.15 Å². The van der Waals surface area contributed by atoms with Crippen molar-refractivity contribution < 1.29 is 9.90 Å². The summed E-state index contributed by atoms with van der Waals surface area (Å²) in [4.78, 5) is 14.3. The fourth-order valence-electron chi connectivity index (χ4n) is 0.871. The molecular weight excluding hydrogens is 192 g/mol. The summed E-state index contributed by atoms with van der Waals surface area (Å²) in [7, 11) is 0. The van der Waals surface area contributed by atoms with Gasteiger partial charge in [-0.2, -0.15) is 5.26 Å². The van der Waals surface area contributed by atoms with Crippen LogP contribution in [-0.2, 0) is 0 Å². The molecule has 0 unspecified atom stereocenters. The average Bonchev–Trinajstić information content (AvgIpc) is 2.03. The standard InChI is InChI=1S/C8H5ClN2O2/c1-4-6(8(12)13)2-5(3-10)7(9)11-4/h2H,1H3,(H,12,13). The first-order valence-electron chi connectivity index (χ1n) is 3.36. The van der Waals surface area contributed by atoms with Crippen LogP contribution in [0.15, 0.2) is 6.07 Å². The number of carbonyl (C=O) groups is 1. The van der Waals surface area contributed by atoms with Gasteiger partial charge in [0.05, 0.1) is 16.8 Å². The van der Waals surface area contributed by atoms with E-state index in [9.17, 15) is 4.79 Å². The molecule has 0 amide bonds. The van der Waals surface area contributed by atoms with E-state index in [1.165, 1.54) is 13.0 Å². The minimum atomic E-state index is -1.11. The molecule has 0 radical (unpaired) electrons. The third-order valence-corrected chi connectivity index (χ3v) is 1.81. The molecule has 13 heavy (non-hydrogen) atoms. The van der Waals surface area contributed by atoms with Gasteiger partial charge in [-0.25, -0.2) is 9.78 Å². The predicted molar refractivity (Wildman–Crippen MR) is 45.7 cm³/mol. The number of carboxylic acid groups (broad SMARTS) is 1. The molecule has 0 aliphatic rings. The third kappa shape index (κ3) is 1.76. The Morgan fingerprint density at radius 1 is 1.77 bits per heavy atom. The van der Waals surface area contributed by atoms with Crippen LogP contribution >= 0.6 is 11.6 Å². The van der Waals surface area contributed by atoms with Crippen molar-refractivity contribution in [3.05, 3.63) is 28.0 Å². The van der Waals surface area contributed by atoms with Gasteiger partial charge in [0, 0.05) is 0 Å². The second-order valence-electron chi connectivity index (χ2n) is 2.38. The maximum Gasteiger partial charge on any atom is 0.337 e. The second-order valence-corrected chi connectivity index (χ2v) is 2.73. The molecule has 5 heteroatoms. The Bertz CT molecular complexity index is 409. The molecule has 4 nitrogen and oxygen atoms in total. The van der Waals surface area contributed by atoms with Crippen molar-refractivity contribution in [1.29, 1.82) is 5.26 Å².